The van der Waals surface area contributed by atoms with Gasteiger partial charge in [-0.2, -0.15) is 0 Å². The quantitative estimate of drug-likeness (QED) is 0.632. The van der Waals surface area contributed by atoms with Crippen molar-refractivity contribution in [3.8, 4) is 0 Å². The maximum atomic E-state index is 9.43. The lowest BCUT2D eigenvalue weighted by molar-refractivity contribution is 0.0635. The van der Waals surface area contributed by atoms with Gasteiger partial charge in [0.05, 0.1) is 12.7 Å². The second kappa shape index (κ2) is 7.17. The van der Waals surface area contributed by atoms with E-state index in [0.717, 1.165) is 6.54 Å². The van der Waals surface area contributed by atoms with Gasteiger partial charge < -0.3 is 15.2 Å². The molecule has 90 valence electrons. The molecule has 0 spiro atoms. The molecule has 2 unspecified atom stereocenters. The van der Waals surface area contributed by atoms with Crippen molar-refractivity contribution in [2.75, 3.05) is 39.9 Å². The fourth-order valence-corrected chi connectivity index (χ4v) is 2.02. The highest BCUT2D eigenvalue weighted by Crippen LogP contribution is 2.10. The molecular formula is C11H24N2O2. The van der Waals surface area contributed by atoms with E-state index in [-0.39, 0.29) is 6.10 Å². The van der Waals surface area contributed by atoms with Gasteiger partial charge in [-0.05, 0) is 32.9 Å². The Hall–Kier alpha value is -0.160. The zero-order valence-electron chi connectivity index (χ0n) is 9.91. The molecule has 0 aliphatic carbocycles. The number of hydrogen-bond donors (Lipinski definition) is 2. The molecule has 1 aliphatic heterocycles. The first-order valence-electron chi connectivity index (χ1n) is 5.85. The topological polar surface area (TPSA) is 44.7 Å². The largest absolute Gasteiger partial charge is 0.389 e. The van der Waals surface area contributed by atoms with Crippen LogP contribution in [0.2, 0.25) is 0 Å². The molecule has 0 aromatic rings. The predicted molar refractivity (Wildman–Crippen MR) is 61.0 cm³/mol. The Kier molecular flexibility index (Phi) is 6.17. The van der Waals surface area contributed by atoms with E-state index in [1.807, 2.05) is 0 Å². The summed E-state index contributed by atoms with van der Waals surface area (Å²) in [5.74, 6) is 0. The van der Waals surface area contributed by atoms with Gasteiger partial charge in [-0.1, -0.05) is 0 Å². The van der Waals surface area contributed by atoms with E-state index in [1.165, 1.54) is 25.9 Å². The van der Waals surface area contributed by atoms with Crippen LogP contribution < -0.4 is 5.32 Å². The number of aliphatic hydroxyl groups excluding tert-OH is 1. The van der Waals surface area contributed by atoms with Gasteiger partial charge in [-0.25, -0.2) is 0 Å². The first kappa shape index (κ1) is 12.9. The third-order valence-corrected chi connectivity index (χ3v) is 2.94. The van der Waals surface area contributed by atoms with E-state index < -0.39 is 0 Å². The van der Waals surface area contributed by atoms with Crippen LogP contribution in [0.5, 0.6) is 0 Å². The Balaban J connectivity index is 2.03. The fourth-order valence-electron chi connectivity index (χ4n) is 2.02. The van der Waals surface area contributed by atoms with Gasteiger partial charge in [0.1, 0.15) is 0 Å². The lowest BCUT2D eigenvalue weighted by Crippen LogP contribution is -2.41. The third-order valence-electron chi connectivity index (χ3n) is 2.94. The summed E-state index contributed by atoms with van der Waals surface area (Å²) in [7, 11) is 1.61. The average Bonchev–Trinajstić information content (AvgIpc) is 2.70. The molecule has 1 aliphatic rings. The highest BCUT2D eigenvalue weighted by atomic mass is 16.5. The Morgan fingerprint density at radius 3 is 2.60 bits per heavy atom. The second-order valence-corrected chi connectivity index (χ2v) is 4.36. The number of nitrogens with one attached hydrogen (secondary N) is 1. The fraction of sp³-hybridized carbons (Fsp3) is 1.00. The van der Waals surface area contributed by atoms with Crippen LogP contribution in [0.15, 0.2) is 0 Å². The minimum absolute atomic E-state index is 0.388. The summed E-state index contributed by atoms with van der Waals surface area (Å²) in [4.78, 5) is 2.50. The van der Waals surface area contributed by atoms with Crippen LogP contribution in [-0.4, -0.2) is 62.0 Å². The van der Waals surface area contributed by atoms with Crippen LogP contribution in [0.1, 0.15) is 19.8 Å². The van der Waals surface area contributed by atoms with E-state index in [4.69, 9.17) is 4.74 Å². The molecule has 1 rings (SSSR count). The monoisotopic (exact) mass is 216 g/mol. The van der Waals surface area contributed by atoms with E-state index in [0.29, 0.717) is 19.2 Å². The number of rotatable bonds is 7. The molecular weight excluding hydrogens is 192 g/mol. The van der Waals surface area contributed by atoms with E-state index in [2.05, 4.69) is 17.1 Å². The third kappa shape index (κ3) is 4.93. The van der Waals surface area contributed by atoms with Gasteiger partial charge in [-0.15, -0.1) is 0 Å². The number of hydrogen-bond acceptors (Lipinski definition) is 4. The van der Waals surface area contributed by atoms with Crippen molar-refractivity contribution in [3.63, 3.8) is 0 Å². The maximum absolute atomic E-state index is 9.43. The summed E-state index contributed by atoms with van der Waals surface area (Å²) in [6.45, 7) is 6.66. The van der Waals surface area contributed by atoms with Gasteiger partial charge in [0.25, 0.3) is 0 Å². The normalized spacial score (nSPS) is 21.8. The molecule has 0 amide bonds. The van der Waals surface area contributed by atoms with Crippen molar-refractivity contribution >= 4 is 0 Å². The smallest absolute Gasteiger partial charge is 0.0897 e. The maximum Gasteiger partial charge on any atom is 0.0897 e. The molecule has 1 saturated heterocycles. The number of methoxy groups -OCH3 is 1. The summed E-state index contributed by atoms with van der Waals surface area (Å²) in [6.07, 6.45) is 2.27. The summed E-state index contributed by atoms with van der Waals surface area (Å²) < 4.78 is 4.86. The Bertz CT molecular complexity index is 161. The number of aliphatic hydroxyl groups is 1. The van der Waals surface area contributed by atoms with Crippen LogP contribution in [0.3, 0.4) is 0 Å². The number of likely N-dealkylation sites (tertiary alicyclic amines) is 1. The Labute approximate surface area is 92.6 Å². The molecule has 0 bridgehead atoms. The molecule has 4 heteroatoms. The molecule has 1 heterocycles. The van der Waals surface area contributed by atoms with Gasteiger partial charge >= 0.3 is 0 Å². The first-order chi connectivity index (χ1) is 7.24. The minimum atomic E-state index is -0.388. The van der Waals surface area contributed by atoms with Crippen LogP contribution in [0.25, 0.3) is 0 Å². The second-order valence-electron chi connectivity index (χ2n) is 4.36. The number of nitrogens with zero attached hydrogens (tertiary/aromatic N) is 1. The lowest BCUT2D eigenvalue weighted by Gasteiger charge is -2.24. The van der Waals surface area contributed by atoms with E-state index >= 15 is 0 Å². The molecule has 1 fully saturated rings. The van der Waals surface area contributed by atoms with Crippen LogP contribution in [0.4, 0.5) is 0 Å². The zero-order chi connectivity index (χ0) is 11.1. The molecule has 0 aromatic carbocycles. The SMILES string of the molecule is COCC(O)CNCC(C)N1CCCC1. The van der Waals surface area contributed by atoms with E-state index in [9.17, 15) is 5.11 Å². The highest BCUT2D eigenvalue weighted by molar-refractivity contribution is 4.75. The lowest BCUT2D eigenvalue weighted by atomic mass is 10.3. The standard InChI is InChI=1S/C11H24N2O2/c1-10(13-5-3-4-6-13)7-12-8-11(14)9-15-2/h10-12,14H,3-9H2,1-2H3. The van der Waals surface area contributed by atoms with Gasteiger partial charge in [0.15, 0.2) is 0 Å². The summed E-state index contributed by atoms with van der Waals surface area (Å²) in [5.41, 5.74) is 0. The molecule has 15 heavy (non-hydrogen) atoms. The van der Waals surface area contributed by atoms with Crippen LogP contribution in [-0.2, 0) is 4.74 Å². The Morgan fingerprint density at radius 2 is 2.00 bits per heavy atom. The van der Waals surface area contributed by atoms with Gasteiger partial charge in [-0.3, -0.25) is 4.90 Å². The van der Waals surface area contributed by atoms with Crippen molar-refractivity contribution in [2.45, 2.75) is 31.9 Å². The van der Waals surface area contributed by atoms with Gasteiger partial charge in [0.2, 0.25) is 0 Å². The van der Waals surface area contributed by atoms with Gasteiger partial charge in [0, 0.05) is 26.2 Å². The summed E-state index contributed by atoms with van der Waals surface area (Å²) in [5, 5.41) is 12.7. The van der Waals surface area contributed by atoms with Crippen molar-refractivity contribution < 1.29 is 9.84 Å². The molecule has 4 nitrogen and oxygen atoms in total. The van der Waals surface area contributed by atoms with Crippen molar-refractivity contribution in [1.29, 1.82) is 0 Å². The first-order valence-corrected chi connectivity index (χ1v) is 5.85. The summed E-state index contributed by atoms with van der Waals surface area (Å²) in [6, 6.07) is 0.572. The zero-order valence-corrected chi connectivity index (χ0v) is 9.91. The molecule has 0 saturated carbocycles. The molecule has 0 radical (unpaired) electrons. The highest BCUT2D eigenvalue weighted by Gasteiger charge is 2.17. The van der Waals surface area contributed by atoms with Crippen molar-refractivity contribution in [2.24, 2.45) is 0 Å². The number of ether oxygens (including phenoxy) is 1. The Morgan fingerprint density at radius 1 is 1.33 bits per heavy atom. The van der Waals surface area contributed by atoms with Crippen LogP contribution in [0, 0.1) is 0 Å². The predicted octanol–water partition coefficient (Wildman–Crippen LogP) is 0.0676. The average molecular weight is 216 g/mol. The van der Waals surface area contributed by atoms with Crippen molar-refractivity contribution in [3.05, 3.63) is 0 Å². The minimum Gasteiger partial charge on any atom is -0.389 e. The molecule has 2 N–H and O–H groups in total. The van der Waals surface area contributed by atoms with E-state index in [1.54, 1.807) is 7.11 Å². The molecule has 2 atom stereocenters. The molecule has 0 aromatic heterocycles. The van der Waals surface area contributed by atoms with Crippen LogP contribution >= 0.6 is 0 Å². The summed E-state index contributed by atoms with van der Waals surface area (Å²) >= 11 is 0. The van der Waals surface area contributed by atoms with Crippen molar-refractivity contribution in [1.82, 2.24) is 10.2 Å².